The van der Waals surface area contributed by atoms with Crippen molar-refractivity contribution in [3.63, 3.8) is 0 Å². The summed E-state index contributed by atoms with van der Waals surface area (Å²) in [6.07, 6.45) is 1.57. The highest BCUT2D eigenvalue weighted by atomic mass is 16.5. The number of carbonyl (C=O) groups is 1. The van der Waals surface area contributed by atoms with Crippen molar-refractivity contribution in [3.8, 4) is 5.75 Å². The van der Waals surface area contributed by atoms with Gasteiger partial charge >= 0.3 is 0 Å². The van der Waals surface area contributed by atoms with E-state index in [1.54, 1.807) is 0 Å². The summed E-state index contributed by atoms with van der Waals surface area (Å²) in [5, 5.41) is 2.87. The Labute approximate surface area is 194 Å². The van der Waals surface area contributed by atoms with Crippen LogP contribution in [0.25, 0.3) is 11.1 Å². The van der Waals surface area contributed by atoms with Crippen molar-refractivity contribution in [1.82, 2.24) is 4.98 Å². The second-order valence-corrected chi connectivity index (χ2v) is 9.25. The second kappa shape index (κ2) is 9.49. The van der Waals surface area contributed by atoms with Crippen molar-refractivity contribution < 1.29 is 13.9 Å². The zero-order valence-electron chi connectivity index (χ0n) is 19.6. The number of rotatable bonds is 7. The van der Waals surface area contributed by atoms with Crippen molar-refractivity contribution in [2.75, 3.05) is 11.9 Å². The number of carbonyl (C=O) groups excluding carboxylic acids is 1. The van der Waals surface area contributed by atoms with Gasteiger partial charge in [-0.3, -0.25) is 4.79 Å². The molecule has 1 heterocycles. The summed E-state index contributed by atoms with van der Waals surface area (Å²) in [6, 6.07) is 21.7. The fourth-order valence-corrected chi connectivity index (χ4v) is 3.59. The minimum atomic E-state index is -0.201. The molecule has 0 bridgehead atoms. The molecule has 1 N–H and O–H groups in total. The van der Waals surface area contributed by atoms with E-state index < -0.39 is 0 Å². The van der Waals surface area contributed by atoms with Gasteiger partial charge in [0, 0.05) is 12.1 Å². The highest BCUT2D eigenvalue weighted by Gasteiger charge is 2.13. The van der Waals surface area contributed by atoms with Crippen molar-refractivity contribution in [2.24, 2.45) is 0 Å². The number of fused-ring (bicyclic) bond motifs is 1. The number of oxazole rings is 1. The molecule has 0 aliphatic heterocycles. The van der Waals surface area contributed by atoms with Gasteiger partial charge in [0.2, 0.25) is 0 Å². The molecule has 0 fully saturated rings. The Bertz CT molecular complexity index is 1230. The lowest BCUT2D eigenvalue weighted by molar-refractivity contribution is -0.118. The summed E-state index contributed by atoms with van der Waals surface area (Å²) in [4.78, 5) is 16.9. The van der Waals surface area contributed by atoms with E-state index in [9.17, 15) is 4.79 Å². The third-order valence-corrected chi connectivity index (χ3v) is 5.59. The zero-order chi connectivity index (χ0) is 23.4. The molecular formula is C28H30N2O3. The molecule has 5 nitrogen and oxygen atoms in total. The predicted molar refractivity (Wildman–Crippen MR) is 132 cm³/mol. The Kier molecular flexibility index (Phi) is 6.50. The maximum atomic E-state index is 12.3. The number of ether oxygens (including phenoxy) is 1. The largest absolute Gasteiger partial charge is 0.484 e. The van der Waals surface area contributed by atoms with Crippen LogP contribution in [0.5, 0.6) is 5.75 Å². The molecular weight excluding hydrogens is 412 g/mol. The number of anilines is 1. The molecule has 33 heavy (non-hydrogen) atoms. The minimum Gasteiger partial charge on any atom is -0.484 e. The molecule has 0 atom stereocenters. The molecule has 4 rings (SSSR count). The molecule has 3 aromatic carbocycles. The highest BCUT2D eigenvalue weighted by Crippen LogP contribution is 2.24. The molecule has 0 spiro atoms. The first-order chi connectivity index (χ1) is 15.8. The van der Waals surface area contributed by atoms with Crippen LogP contribution in [0.4, 0.5) is 5.69 Å². The van der Waals surface area contributed by atoms with Gasteiger partial charge < -0.3 is 14.5 Å². The normalized spacial score (nSPS) is 11.5. The number of hydrogen-bond donors (Lipinski definition) is 1. The van der Waals surface area contributed by atoms with E-state index in [0.717, 1.165) is 28.8 Å². The third kappa shape index (κ3) is 5.80. The van der Waals surface area contributed by atoms with Crippen molar-refractivity contribution >= 4 is 22.7 Å². The highest BCUT2D eigenvalue weighted by molar-refractivity contribution is 5.91. The van der Waals surface area contributed by atoms with Crippen LogP contribution in [0.1, 0.15) is 50.3 Å². The predicted octanol–water partition coefficient (Wildman–Crippen LogP) is 6.30. The summed E-state index contributed by atoms with van der Waals surface area (Å²) >= 11 is 0. The number of amides is 1. The Hall–Kier alpha value is -3.60. The van der Waals surface area contributed by atoms with Crippen LogP contribution in [-0.4, -0.2) is 17.5 Å². The monoisotopic (exact) mass is 442 g/mol. The molecule has 5 heteroatoms. The molecule has 0 saturated carbocycles. The number of aryl methyl sites for hydroxylation is 1. The first-order valence-corrected chi connectivity index (χ1v) is 11.3. The third-order valence-electron chi connectivity index (χ3n) is 5.59. The summed E-state index contributed by atoms with van der Waals surface area (Å²) in [6.45, 7) is 8.57. The molecule has 4 aromatic rings. The van der Waals surface area contributed by atoms with Crippen LogP contribution < -0.4 is 10.1 Å². The van der Waals surface area contributed by atoms with Gasteiger partial charge in [-0.25, -0.2) is 4.98 Å². The standard InChI is InChI=1S/C28H30N2O3/c1-5-19-8-15-25-24(16-19)30-27(33-25)17-20-6-11-22(12-7-20)29-26(31)18-32-23-13-9-21(10-14-23)28(2,3)4/h6-16H,5,17-18H2,1-4H3,(H,29,31). The second-order valence-electron chi connectivity index (χ2n) is 9.25. The van der Waals surface area contributed by atoms with Crippen LogP contribution in [-0.2, 0) is 23.1 Å². The smallest absolute Gasteiger partial charge is 0.262 e. The van der Waals surface area contributed by atoms with Gasteiger partial charge in [-0.15, -0.1) is 0 Å². The lowest BCUT2D eigenvalue weighted by atomic mass is 9.87. The number of nitrogens with one attached hydrogen (secondary N) is 1. The Morgan fingerprint density at radius 1 is 0.970 bits per heavy atom. The Morgan fingerprint density at radius 2 is 1.67 bits per heavy atom. The van der Waals surface area contributed by atoms with Crippen LogP contribution in [0.2, 0.25) is 0 Å². The molecule has 0 saturated heterocycles. The van der Waals surface area contributed by atoms with E-state index in [0.29, 0.717) is 18.1 Å². The minimum absolute atomic E-state index is 0.0424. The Balaban J connectivity index is 1.30. The van der Waals surface area contributed by atoms with Crippen molar-refractivity contribution in [3.05, 3.63) is 89.3 Å². The quantitative estimate of drug-likeness (QED) is 0.365. The van der Waals surface area contributed by atoms with Crippen molar-refractivity contribution in [2.45, 2.75) is 46.0 Å². The first-order valence-electron chi connectivity index (χ1n) is 11.3. The summed E-state index contributed by atoms with van der Waals surface area (Å²) in [7, 11) is 0. The molecule has 0 unspecified atom stereocenters. The Morgan fingerprint density at radius 3 is 2.33 bits per heavy atom. The number of aromatic nitrogens is 1. The van der Waals surface area contributed by atoms with Gasteiger partial charge in [0.1, 0.15) is 11.3 Å². The van der Waals surface area contributed by atoms with Crippen molar-refractivity contribution in [1.29, 1.82) is 0 Å². The van der Waals surface area contributed by atoms with E-state index >= 15 is 0 Å². The molecule has 1 aromatic heterocycles. The van der Waals surface area contributed by atoms with Gasteiger partial charge in [0.05, 0.1) is 0 Å². The van der Waals surface area contributed by atoms with Gasteiger partial charge in [-0.05, 0) is 64.9 Å². The van der Waals surface area contributed by atoms with Gasteiger partial charge in [0.15, 0.2) is 18.1 Å². The first kappa shape index (κ1) is 22.6. The average molecular weight is 443 g/mol. The molecule has 0 aliphatic carbocycles. The SMILES string of the molecule is CCc1ccc2oc(Cc3ccc(NC(=O)COc4ccc(C(C)(C)C)cc4)cc3)nc2c1. The van der Waals surface area contributed by atoms with E-state index in [1.165, 1.54) is 11.1 Å². The fraction of sp³-hybridized carbons (Fsp3) is 0.286. The lowest BCUT2D eigenvalue weighted by Crippen LogP contribution is -2.20. The lowest BCUT2D eigenvalue weighted by Gasteiger charge is -2.19. The maximum absolute atomic E-state index is 12.3. The van der Waals surface area contributed by atoms with Gasteiger partial charge in [-0.2, -0.15) is 0 Å². The van der Waals surface area contributed by atoms with Gasteiger partial charge in [-0.1, -0.05) is 58.0 Å². The number of benzene rings is 3. The summed E-state index contributed by atoms with van der Waals surface area (Å²) in [5.41, 5.74) is 6.03. The van der Waals surface area contributed by atoms with E-state index in [-0.39, 0.29) is 17.9 Å². The number of nitrogens with zero attached hydrogens (tertiary/aromatic N) is 1. The summed E-state index contributed by atoms with van der Waals surface area (Å²) < 4.78 is 11.5. The number of hydrogen-bond acceptors (Lipinski definition) is 4. The van der Waals surface area contributed by atoms with Crippen LogP contribution in [0.15, 0.2) is 71.1 Å². The zero-order valence-corrected chi connectivity index (χ0v) is 19.6. The van der Waals surface area contributed by atoms with Crippen LogP contribution in [0.3, 0.4) is 0 Å². The molecule has 0 radical (unpaired) electrons. The molecule has 0 aliphatic rings. The van der Waals surface area contributed by atoms with Crippen LogP contribution in [0, 0.1) is 0 Å². The van der Waals surface area contributed by atoms with E-state index in [2.05, 4.69) is 50.1 Å². The maximum Gasteiger partial charge on any atom is 0.262 e. The average Bonchev–Trinajstić information content (AvgIpc) is 3.20. The topological polar surface area (TPSA) is 64.4 Å². The van der Waals surface area contributed by atoms with Crippen LogP contribution >= 0.6 is 0 Å². The van der Waals surface area contributed by atoms with E-state index in [4.69, 9.17) is 9.15 Å². The van der Waals surface area contributed by atoms with Gasteiger partial charge in [0.25, 0.3) is 5.91 Å². The summed E-state index contributed by atoms with van der Waals surface area (Å²) in [5.74, 6) is 1.16. The van der Waals surface area contributed by atoms with E-state index in [1.807, 2.05) is 54.6 Å². The molecule has 1 amide bonds. The molecule has 170 valence electrons. The fourth-order valence-electron chi connectivity index (χ4n) is 3.59.